The number of aryl methyl sites for hydroxylation is 1. The smallest absolute Gasteiger partial charge is 0.211 e. The average molecular weight is 439 g/mol. The molecule has 4 rings (SSSR count). The molecule has 1 atom stereocenters. The van der Waals surface area contributed by atoms with Crippen LogP contribution in [0.4, 0.5) is 11.6 Å². The van der Waals surface area contributed by atoms with Crippen molar-refractivity contribution in [1.82, 2.24) is 9.55 Å². The van der Waals surface area contributed by atoms with Gasteiger partial charge >= 0.3 is 0 Å². The van der Waals surface area contributed by atoms with Crippen molar-refractivity contribution >= 4 is 57.5 Å². The van der Waals surface area contributed by atoms with Crippen LogP contribution in [0.5, 0.6) is 0 Å². The number of imidazole rings is 1. The van der Waals surface area contributed by atoms with Gasteiger partial charge in [0.25, 0.3) is 0 Å². The first-order valence-corrected chi connectivity index (χ1v) is 10.7. The van der Waals surface area contributed by atoms with Crippen molar-refractivity contribution in [2.75, 3.05) is 18.1 Å². The molecule has 28 heavy (non-hydrogen) atoms. The van der Waals surface area contributed by atoms with Crippen LogP contribution in [0.15, 0.2) is 30.3 Å². The monoisotopic (exact) mass is 437 g/mol. The summed E-state index contributed by atoms with van der Waals surface area (Å²) < 4.78 is 2.24. The number of hydrogen-bond donors (Lipinski definition) is 1. The Morgan fingerprint density at radius 1 is 1.11 bits per heavy atom. The molecule has 0 saturated heterocycles. The van der Waals surface area contributed by atoms with Crippen LogP contribution in [0.25, 0.3) is 11.0 Å². The number of aliphatic hydroxyl groups excluding tert-OH is 1. The zero-order valence-electron chi connectivity index (χ0n) is 15.6. The van der Waals surface area contributed by atoms with Crippen molar-refractivity contribution in [3.63, 3.8) is 0 Å². The van der Waals surface area contributed by atoms with Crippen LogP contribution in [-0.2, 0) is 6.54 Å². The minimum Gasteiger partial charge on any atom is -0.396 e. The number of halogens is 3. The van der Waals surface area contributed by atoms with Gasteiger partial charge in [0, 0.05) is 24.7 Å². The molecule has 0 spiro atoms. The Hall–Kier alpha value is -1.46. The predicted octanol–water partition coefficient (Wildman–Crippen LogP) is 6.41. The fourth-order valence-electron chi connectivity index (χ4n) is 4.12. The molecule has 148 valence electrons. The van der Waals surface area contributed by atoms with Gasteiger partial charge in [0.05, 0.1) is 21.2 Å². The molecule has 2 aromatic carbocycles. The van der Waals surface area contributed by atoms with Crippen molar-refractivity contribution in [1.29, 1.82) is 0 Å². The minimum atomic E-state index is 0.163. The first kappa shape index (κ1) is 19.8. The van der Waals surface area contributed by atoms with E-state index in [1.807, 2.05) is 18.2 Å². The van der Waals surface area contributed by atoms with Gasteiger partial charge in [-0.15, -0.1) is 0 Å². The van der Waals surface area contributed by atoms with Gasteiger partial charge in [0.1, 0.15) is 5.52 Å². The summed E-state index contributed by atoms with van der Waals surface area (Å²) in [6, 6.07) is 9.53. The average Bonchev–Trinajstić information content (AvgIpc) is 3.08. The molecule has 0 amide bonds. The summed E-state index contributed by atoms with van der Waals surface area (Å²) in [7, 11) is 0. The molecular formula is C21H22Cl3N3O. The largest absolute Gasteiger partial charge is 0.396 e. The second-order valence-corrected chi connectivity index (χ2v) is 8.37. The topological polar surface area (TPSA) is 41.3 Å². The molecule has 0 aliphatic carbocycles. The van der Waals surface area contributed by atoms with E-state index >= 15 is 0 Å². The van der Waals surface area contributed by atoms with Crippen LogP contribution in [0.3, 0.4) is 0 Å². The molecule has 1 aromatic heterocycles. The van der Waals surface area contributed by atoms with Crippen LogP contribution in [0.1, 0.15) is 37.7 Å². The van der Waals surface area contributed by atoms with Crippen LogP contribution in [0, 0.1) is 0 Å². The fraction of sp³-hybridized carbons (Fsp3) is 0.381. The number of anilines is 2. The lowest BCUT2D eigenvalue weighted by Crippen LogP contribution is -2.28. The number of fused-ring (bicyclic) bond motifs is 3. The van der Waals surface area contributed by atoms with Gasteiger partial charge in [0.2, 0.25) is 5.95 Å². The summed E-state index contributed by atoms with van der Waals surface area (Å²) in [5.74, 6) is 1.11. The van der Waals surface area contributed by atoms with Crippen molar-refractivity contribution in [3.8, 4) is 0 Å². The minimum absolute atomic E-state index is 0.163. The standard InChI is InChI=1S/C21H22Cl3N3O/c1-2-13(8-11-28)15-5-6-16(23)19-20(15)27-10-3-9-26(21(27)25-19)18-7-4-14(22)12-17(18)24/h4-7,12-13,28H,2-3,8-11H2,1H3. The molecule has 0 saturated carbocycles. The third-order valence-corrected chi connectivity index (χ3v) is 6.31. The van der Waals surface area contributed by atoms with E-state index in [-0.39, 0.29) is 12.5 Å². The Morgan fingerprint density at radius 2 is 1.93 bits per heavy atom. The fourth-order valence-corrected chi connectivity index (χ4v) is 4.82. The van der Waals surface area contributed by atoms with Crippen LogP contribution in [0.2, 0.25) is 15.1 Å². The molecule has 1 unspecified atom stereocenters. The SMILES string of the molecule is CCC(CCO)c1ccc(Cl)c2nc3n(c12)CCCN3c1ccc(Cl)cc1Cl. The van der Waals surface area contributed by atoms with Gasteiger partial charge in [-0.2, -0.15) is 0 Å². The Kier molecular flexibility index (Phi) is 5.75. The number of hydrogen-bond acceptors (Lipinski definition) is 3. The number of aliphatic hydroxyl groups is 1. The predicted molar refractivity (Wildman–Crippen MR) is 118 cm³/mol. The highest BCUT2D eigenvalue weighted by molar-refractivity contribution is 6.36. The van der Waals surface area contributed by atoms with Crippen LogP contribution >= 0.6 is 34.8 Å². The van der Waals surface area contributed by atoms with Gasteiger partial charge in [-0.3, -0.25) is 0 Å². The molecular weight excluding hydrogens is 417 g/mol. The summed E-state index contributed by atoms with van der Waals surface area (Å²) >= 11 is 19.1. The third kappa shape index (κ3) is 3.37. The van der Waals surface area contributed by atoms with Crippen LogP contribution in [-0.4, -0.2) is 27.8 Å². The molecule has 1 aliphatic rings. The molecule has 3 aromatic rings. The Labute approximate surface area is 179 Å². The molecule has 2 heterocycles. The maximum Gasteiger partial charge on any atom is 0.211 e. The zero-order chi connectivity index (χ0) is 19.8. The van der Waals surface area contributed by atoms with E-state index in [1.54, 1.807) is 6.07 Å². The first-order valence-electron chi connectivity index (χ1n) is 9.57. The lowest BCUT2D eigenvalue weighted by atomic mass is 9.92. The van der Waals surface area contributed by atoms with Crippen LogP contribution < -0.4 is 4.90 Å². The maximum absolute atomic E-state index is 9.51. The molecule has 7 heteroatoms. The number of rotatable bonds is 5. The molecule has 1 N–H and O–H groups in total. The van der Waals surface area contributed by atoms with Gasteiger partial charge in [-0.05, 0) is 55.0 Å². The highest BCUT2D eigenvalue weighted by Gasteiger charge is 2.27. The van der Waals surface area contributed by atoms with E-state index in [4.69, 9.17) is 39.8 Å². The third-order valence-electron chi connectivity index (χ3n) is 5.47. The van der Waals surface area contributed by atoms with Gasteiger partial charge in [-0.1, -0.05) is 47.8 Å². The quantitative estimate of drug-likeness (QED) is 0.500. The number of benzene rings is 2. The lowest BCUT2D eigenvalue weighted by Gasteiger charge is -2.30. The first-order chi connectivity index (χ1) is 13.5. The summed E-state index contributed by atoms with van der Waals surface area (Å²) in [4.78, 5) is 7.05. The van der Waals surface area contributed by atoms with Crippen molar-refractivity contribution in [2.24, 2.45) is 0 Å². The Bertz CT molecular complexity index is 1020. The van der Waals surface area contributed by atoms with E-state index in [2.05, 4.69) is 22.5 Å². The van der Waals surface area contributed by atoms with E-state index in [0.717, 1.165) is 55.0 Å². The molecule has 4 nitrogen and oxygen atoms in total. The van der Waals surface area contributed by atoms with E-state index in [9.17, 15) is 5.11 Å². The maximum atomic E-state index is 9.51. The van der Waals surface area contributed by atoms with Crippen molar-refractivity contribution in [2.45, 2.75) is 38.6 Å². The number of nitrogens with zero attached hydrogens (tertiary/aromatic N) is 3. The van der Waals surface area contributed by atoms with Gasteiger partial charge in [0.15, 0.2) is 0 Å². The highest BCUT2D eigenvalue weighted by atomic mass is 35.5. The van der Waals surface area contributed by atoms with E-state index in [0.29, 0.717) is 15.1 Å². The second-order valence-electron chi connectivity index (χ2n) is 7.12. The summed E-state index contributed by atoms with van der Waals surface area (Å²) in [5, 5.41) is 11.4. The lowest BCUT2D eigenvalue weighted by molar-refractivity contribution is 0.274. The zero-order valence-corrected chi connectivity index (χ0v) is 17.9. The Morgan fingerprint density at radius 3 is 2.64 bits per heavy atom. The van der Waals surface area contributed by atoms with E-state index < -0.39 is 0 Å². The summed E-state index contributed by atoms with van der Waals surface area (Å²) in [6.07, 6.45) is 2.64. The molecule has 0 bridgehead atoms. The second kappa shape index (κ2) is 8.11. The van der Waals surface area contributed by atoms with Gasteiger partial charge < -0.3 is 14.6 Å². The molecule has 0 radical (unpaired) electrons. The van der Waals surface area contributed by atoms with Crippen molar-refractivity contribution in [3.05, 3.63) is 51.0 Å². The number of aromatic nitrogens is 2. The molecule has 1 aliphatic heterocycles. The van der Waals surface area contributed by atoms with E-state index in [1.165, 1.54) is 5.56 Å². The Balaban J connectivity index is 1.91. The normalized spacial score (nSPS) is 15.1. The van der Waals surface area contributed by atoms with Gasteiger partial charge in [-0.25, -0.2) is 4.98 Å². The highest BCUT2D eigenvalue weighted by Crippen LogP contribution is 2.41. The summed E-state index contributed by atoms with van der Waals surface area (Å²) in [6.45, 7) is 4.01. The van der Waals surface area contributed by atoms with Crippen molar-refractivity contribution < 1.29 is 5.11 Å². The molecule has 0 fully saturated rings. The summed E-state index contributed by atoms with van der Waals surface area (Å²) in [5.41, 5.74) is 3.96.